The van der Waals surface area contributed by atoms with E-state index in [4.69, 9.17) is 0 Å². The van der Waals surface area contributed by atoms with Gasteiger partial charge in [0.1, 0.15) is 0 Å². The zero-order valence-corrected chi connectivity index (χ0v) is 13.5. The van der Waals surface area contributed by atoms with Gasteiger partial charge in [-0.25, -0.2) is 0 Å². The van der Waals surface area contributed by atoms with E-state index in [0.717, 1.165) is 44.9 Å². The van der Waals surface area contributed by atoms with Crippen LogP contribution in [0.15, 0.2) is 0 Å². The smallest absolute Gasteiger partial charge is 0.225 e. The van der Waals surface area contributed by atoms with E-state index in [1.165, 1.54) is 6.42 Å². The third kappa shape index (κ3) is 4.20. The Bertz CT molecular complexity index is 264. The van der Waals surface area contributed by atoms with Crippen LogP contribution < -0.4 is 0 Å². The fourth-order valence-corrected chi connectivity index (χ4v) is 2.93. The van der Waals surface area contributed by atoms with Crippen molar-refractivity contribution in [3.05, 3.63) is 0 Å². The van der Waals surface area contributed by atoms with Crippen molar-refractivity contribution in [3.8, 4) is 0 Å². The van der Waals surface area contributed by atoms with Crippen LogP contribution in [-0.4, -0.2) is 47.9 Å². The molecule has 2 aliphatic heterocycles. The molecule has 19 heavy (non-hydrogen) atoms. The van der Waals surface area contributed by atoms with Crippen molar-refractivity contribution < 1.29 is 4.79 Å². The van der Waals surface area contributed by atoms with Gasteiger partial charge in [0.15, 0.2) is 0 Å². The number of carbonyl (C=O) groups is 1. The minimum Gasteiger partial charge on any atom is -0.342 e. The summed E-state index contributed by atoms with van der Waals surface area (Å²) in [5, 5.41) is 0. The molecule has 2 aliphatic rings. The van der Waals surface area contributed by atoms with E-state index in [0.29, 0.717) is 17.9 Å². The molecule has 0 aromatic heterocycles. The molecule has 3 nitrogen and oxygen atoms in total. The normalized spacial score (nSPS) is 21.9. The fourth-order valence-electron chi connectivity index (χ4n) is 2.93. The van der Waals surface area contributed by atoms with Crippen LogP contribution in [0.2, 0.25) is 0 Å². The minimum absolute atomic E-state index is 0.308. The summed E-state index contributed by atoms with van der Waals surface area (Å²) in [5.74, 6) is 1.51. The zero-order valence-electron chi connectivity index (χ0n) is 13.5. The first kappa shape index (κ1) is 16.5. The first-order valence-electron chi connectivity index (χ1n) is 8.14. The van der Waals surface area contributed by atoms with Crippen molar-refractivity contribution in [3.63, 3.8) is 0 Å². The van der Waals surface area contributed by atoms with Gasteiger partial charge >= 0.3 is 0 Å². The van der Waals surface area contributed by atoms with Gasteiger partial charge in [0.05, 0.1) is 0 Å². The molecule has 2 fully saturated rings. The number of hydrogen-bond donors (Lipinski definition) is 0. The monoisotopic (exact) mass is 268 g/mol. The lowest BCUT2D eigenvalue weighted by Gasteiger charge is -2.42. The maximum absolute atomic E-state index is 12.2. The second-order valence-electron chi connectivity index (χ2n) is 5.92. The molecule has 2 heterocycles. The molecule has 0 atom stereocenters. The van der Waals surface area contributed by atoms with Crippen LogP contribution >= 0.6 is 0 Å². The van der Waals surface area contributed by atoms with E-state index >= 15 is 0 Å². The standard InChI is InChI=1S/C14H26N2O.C2H6/c1-4-12-9-16(10-12)14(17)13-5-7-15(8-6-13)11(2)3;1-2/h11-13H,4-10H2,1-3H3;1-2H3. The summed E-state index contributed by atoms with van der Waals surface area (Å²) >= 11 is 0. The van der Waals surface area contributed by atoms with Crippen LogP contribution in [0.4, 0.5) is 0 Å². The van der Waals surface area contributed by atoms with Crippen LogP contribution in [0.3, 0.4) is 0 Å². The number of piperidine rings is 1. The predicted octanol–water partition coefficient (Wildman–Crippen LogP) is 3.00. The van der Waals surface area contributed by atoms with Crippen molar-refractivity contribution in [1.29, 1.82) is 0 Å². The highest BCUT2D eigenvalue weighted by Gasteiger charge is 2.35. The van der Waals surface area contributed by atoms with Gasteiger partial charge in [-0.3, -0.25) is 4.79 Å². The van der Waals surface area contributed by atoms with Crippen molar-refractivity contribution in [2.45, 2.75) is 59.9 Å². The molecular formula is C16H32N2O. The maximum atomic E-state index is 12.2. The lowest BCUT2D eigenvalue weighted by molar-refractivity contribution is -0.143. The van der Waals surface area contributed by atoms with Crippen molar-refractivity contribution in [2.75, 3.05) is 26.2 Å². The van der Waals surface area contributed by atoms with E-state index in [-0.39, 0.29) is 0 Å². The average molecular weight is 268 g/mol. The second kappa shape index (κ2) is 7.88. The molecule has 0 saturated carbocycles. The van der Waals surface area contributed by atoms with Gasteiger partial charge in [0.2, 0.25) is 5.91 Å². The van der Waals surface area contributed by atoms with Crippen LogP contribution in [-0.2, 0) is 4.79 Å². The highest BCUT2D eigenvalue weighted by atomic mass is 16.2. The molecule has 0 bridgehead atoms. The highest BCUT2D eigenvalue weighted by molar-refractivity contribution is 5.79. The first-order chi connectivity index (χ1) is 9.11. The summed E-state index contributed by atoms with van der Waals surface area (Å²) in [6.45, 7) is 14.9. The summed E-state index contributed by atoms with van der Waals surface area (Å²) in [4.78, 5) is 16.8. The van der Waals surface area contributed by atoms with E-state index in [1.54, 1.807) is 0 Å². The predicted molar refractivity (Wildman–Crippen MR) is 81.1 cm³/mol. The molecule has 0 aromatic carbocycles. The number of hydrogen-bond acceptors (Lipinski definition) is 2. The largest absolute Gasteiger partial charge is 0.342 e. The number of nitrogens with zero attached hydrogens (tertiary/aromatic N) is 2. The zero-order chi connectivity index (χ0) is 14.4. The lowest BCUT2D eigenvalue weighted by Crippen LogP contribution is -2.53. The second-order valence-corrected chi connectivity index (χ2v) is 5.92. The Morgan fingerprint density at radius 3 is 2.11 bits per heavy atom. The Kier molecular flexibility index (Phi) is 6.84. The third-order valence-corrected chi connectivity index (χ3v) is 4.46. The van der Waals surface area contributed by atoms with Gasteiger partial charge in [-0.2, -0.15) is 0 Å². The molecule has 0 unspecified atom stereocenters. The first-order valence-corrected chi connectivity index (χ1v) is 8.14. The van der Waals surface area contributed by atoms with Crippen molar-refractivity contribution >= 4 is 5.91 Å². The number of amides is 1. The van der Waals surface area contributed by atoms with Crippen molar-refractivity contribution in [1.82, 2.24) is 9.80 Å². The van der Waals surface area contributed by atoms with E-state index in [1.807, 2.05) is 13.8 Å². The number of rotatable bonds is 3. The molecule has 3 heteroatoms. The van der Waals surface area contributed by atoms with E-state index in [2.05, 4.69) is 30.6 Å². The van der Waals surface area contributed by atoms with Crippen molar-refractivity contribution in [2.24, 2.45) is 11.8 Å². The van der Waals surface area contributed by atoms with Gasteiger partial charge in [0.25, 0.3) is 0 Å². The van der Waals surface area contributed by atoms with Crippen LogP contribution in [0, 0.1) is 11.8 Å². The van der Waals surface area contributed by atoms with Gasteiger partial charge in [-0.1, -0.05) is 20.8 Å². The Labute approximate surface area is 119 Å². The number of likely N-dealkylation sites (tertiary alicyclic amines) is 2. The Balaban J connectivity index is 0.000000861. The van der Waals surface area contributed by atoms with Crippen LogP contribution in [0.25, 0.3) is 0 Å². The summed E-state index contributed by atoms with van der Waals surface area (Å²) in [6.07, 6.45) is 3.34. The molecule has 2 saturated heterocycles. The molecule has 0 spiro atoms. The summed E-state index contributed by atoms with van der Waals surface area (Å²) < 4.78 is 0. The van der Waals surface area contributed by atoms with Crippen LogP contribution in [0.5, 0.6) is 0 Å². The summed E-state index contributed by atoms with van der Waals surface area (Å²) in [7, 11) is 0. The number of carbonyl (C=O) groups excluding carboxylic acids is 1. The molecule has 2 rings (SSSR count). The molecule has 0 aliphatic carbocycles. The summed E-state index contributed by atoms with van der Waals surface area (Å²) in [5.41, 5.74) is 0. The SMILES string of the molecule is CC.CCC1CN(C(=O)C2CCN(C(C)C)CC2)C1. The fraction of sp³-hybridized carbons (Fsp3) is 0.938. The third-order valence-electron chi connectivity index (χ3n) is 4.46. The van der Waals surface area contributed by atoms with E-state index in [9.17, 15) is 4.79 Å². The molecule has 0 N–H and O–H groups in total. The Hall–Kier alpha value is -0.570. The quantitative estimate of drug-likeness (QED) is 0.785. The lowest BCUT2D eigenvalue weighted by atomic mass is 9.90. The van der Waals surface area contributed by atoms with Crippen LogP contribution in [0.1, 0.15) is 53.9 Å². The molecule has 0 aromatic rings. The van der Waals surface area contributed by atoms with Gasteiger partial charge in [-0.15, -0.1) is 0 Å². The topological polar surface area (TPSA) is 23.6 Å². The minimum atomic E-state index is 0.308. The van der Waals surface area contributed by atoms with Gasteiger partial charge in [-0.05, 0) is 52.1 Å². The van der Waals surface area contributed by atoms with Gasteiger partial charge < -0.3 is 9.80 Å². The average Bonchev–Trinajstić information content (AvgIpc) is 2.40. The Morgan fingerprint density at radius 2 is 1.68 bits per heavy atom. The van der Waals surface area contributed by atoms with E-state index < -0.39 is 0 Å². The highest BCUT2D eigenvalue weighted by Crippen LogP contribution is 2.26. The molecular weight excluding hydrogens is 236 g/mol. The molecule has 112 valence electrons. The van der Waals surface area contributed by atoms with Gasteiger partial charge in [0, 0.05) is 25.0 Å². The summed E-state index contributed by atoms with van der Waals surface area (Å²) in [6, 6.07) is 0.625. The maximum Gasteiger partial charge on any atom is 0.225 e. The Morgan fingerprint density at radius 1 is 1.16 bits per heavy atom. The molecule has 0 radical (unpaired) electrons. The molecule has 1 amide bonds.